The molecule has 0 bridgehead atoms. The largest absolute Gasteiger partial charge is 0.271 e. The summed E-state index contributed by atoms with van der Waals surface area (Å²) in [4.78, 5) is 1.34. The van der Waals surface area contributed by atoms with E-state index in [-0.39, 0.29) is 6.04 Å². The third-order valence-electron chi connectivity index (χ3n) is 2.44. The number of hydrogen-bond acceptors (Lipinski definition) is 3. The normalized spacial score (nSPS) is 12.6. The van der Waals surface area contributed by atoms with E-state index in [1.807, 2.05) is 12.1 Å². The molecule has 0 aliphatic carbocycles. The van der Waals surface area contributed by atoms with E-state index >= 15 is 0 Å². The van der Waals surface area contributed by atoms with Crippen LogP contribution in [-0.4, -0.2) is 0 Å². The molecule has 0 aliphatic heterocycles. The maximum Gasteiger partial charge on any atom is 0.0508 e. The van der Waals surface area contributed by atoms with Crippen molar-refractivity contribution in [3.05, 3.63) is 56.7 Å². The maximum atomic E-state index is 5.61. The van der Waals surface area contributed by atoms with Crippen LogP contribution in [0.2, 0.25) is 0 Å². The standard InChI is InChI=1S/C12H13BrN2S/c13-10-4-1-3-9(7-10)12(15-14)8-11-5-2-6-16-11/h1-7,12,15H,8,14H2. The summed E-state index contributed by atoms with van der Waals surface area (Å²) in [5.74, 6) is 5.61. The second-order valence-corrected chi connectivity index (χ2v) is 5.51. The van der Waals surface area contributed by atoms with Crippen molar-refractivity contribution in [2.24, 2.45) is 5.84 Å². The Hall–Kier alpha value is -0.680. The van der Waals surface area contributed by atoms with Gasteiger partial charge in [0, 0.05) is 15.8 Å². The number of rotatable bonds is 4. The van der Waals surface area contributed by atoms with Gasteiger partial charge >= 0.3 is 0 Å². The Bertz CT molecular complexity index is 442. The van der Waals surface area contributed by atoms with Crippen molar-refractivity contribution >= 4 is 27.3 Å². The molecule has 2 aromatic rings. The molecule has 0 fully saturated rings. The number of halogens is 1. The van der Waals surface area contributed by atoms with Gasteiger partial charge in [-0.2, -0.15) is 0 Å². The summed E-state index contributed by atoms with van der Waals surface area (Å²) < 4.78 is 1.08. The monoisotopic (exact) mass is 296 g/mol. The molecular weight excluding hydrogens is 284 g/mol. The van der Waals surface area contributed by atoms with Crippen molar-refractivity contribution in [2.45, 2.75) is 12.5 Å². The molecule has 1 atom stereocenters. The lowest BCUT2D eigenvalue weighted by Gasteiger charge is -2.15. The van der Waals surface area contributed by atoms with Crippen molar-refractivity contribution in [2.75, 3.05) is 0 Å². The highest BCUT2D eigenvalue weighted by atomic mass is 79.9. The van der Waals surface area contributed by atoms with Gasteiger partial charge in [0.25, 0.3) is 0 Å². The van der Waals surface area contributed by atoms with Crippen molar-refractivity contribution in [1.29, 1.82) is 0 Å². The lowest BCUT2D eigenvalue weighted by atomic mass is 10.0. The van der Waals surface area contributed by atoms with E-state index < -0.39 is 0 Å². The van der Waals surface area contributed by atoms with Gasteiger partial charge in [0.15, 0.2) is 0 Å². The van der Waals surface area contributed by atoms with Crippen LogP contribution < -0.4 is 11.3 Å². The van der Waals surface area contributed by atoms with E-state index in [0.29, 0.717) is 0 Å². The Morgan fingerprint density at radius 1 is 1.31 bits per heavy atom. The topological polar surface area (TPSA) is 38.0 Å². The lowest BCUT2D eigenvalue weighted by molar-refractivity contribution is 0.555. The van der Waals surface area contributed by atoms with Crippen LogP contribution in [0.15, 0.2) is 46.3 Å². The Kier molecular flexibility index (Phi) is 4.12. The van der Waals surface area contributed by atoms with E-state index in [4.69, 9.17) is 5.84 Å². The van der Waals surface area contributed by atoms with Gasteiger partial charge in [-0.3, -0.25) is 11.3 Å². The summed E-state index contributed by atoms with van der Waals surface area (Å²) >= 11 is 5.23. The number of nitrogens with one attached hydrogen (secondary N) is 1. The minimum atomic E-state index is 0.163. The molecule has 0 radical (unpaired) electrons. The van der Waals surface area contributed by atoms with Gasteiger partial charge in [-0.15, -0.1) is 11.3 Å². The number of hydrogen-bond donors (Lipinski definition) is 2. The first kappa shape index (κ1) is 11.8. The van der Waals surface area contributed by atoms with Gasteiger partial charge in [0.1, 0.15) is 0 Å². The first-order valence-electron chi connectivity index (χ1n) is 5.03. The molecule has 0 aliphatic rings. The van der Waals surface area contributed by atoms with E-state index in [0.717, 1.165) is 10.9 Å². The molecule has 1 heterocycles. The van der Waals surface area contributed by atoms with Gasteiger partial charge in [0.05, 0.1) is 6.04 Å². The summed E-state index contributed by atoms with van der Waals surface area (Å²) in [6.07, 6.45) is 0.921. The van der Waals surface area contributed by atoms with Gasteiger partial charge in [0.2, 0.25) is 0 Å². The van der Waals surface area contributed by atoms with Crippen LogP contribution in [0.1, 0.15) is 16.5 Å². The van der Waals surface area contributed by atoms with Gasteiger partial charge in [-0.05, 0) is 29.1 Å². The molecule has 2 nitrogen and oxygen atoms in total. The van der Waals surface area contributed by atoms with Crippen molar-refractivity contribution in [3.63, 3.8) is 0 Å². The fourth-order valence-corrected chi connectivity index (χ4v) is 2.80. The molecular formula is C12H13BrN2S. The van der Waals surface area contributed by atoms with Crippen molar-refractivity contribution in [1.82, 2.24) is 5.43 Å². The van der Waals surface area contributed by atoms with Gasteiger partial charge in [-0.25, -0.2) is 0 Å². The molecule has 3 N–H and O–H groups in total. The predicted molar refractivity (Wildman–Crippen MR) is 72.2 cm³/mol. The number of thiophene rings is 1. The summed E-state index contributed by atoms with van der Waals surface area (Å²) in [6.45, 7) is 0. The molecule has 0 spiro atoms. The average molecular weight is 297 g/mol. The number of hydrazine groups is 1. The summed E-state index contributed by atoms with van der Waals surface area (Å²) in [5, 5.41) is 2.09. The zero-order chi connectivity index (χ0) is 11.4. The van der Waals surface area contributed by atoms with Crippen LogP contribution in [0.5, 0.6) is 0 Å². The first-order valence-corrected chi connectivity index (χ1v) is 6.71. The highest BCUT2D eigenvalue weighted by Gasteiger charge is 2.11. The van der Waals surface area contributed by atoms with Crippen molar-refractivity contribution in [3.8, 4) is 0 Å². The Morgan fingerprint density at radius 2 is 2.19 bits per heavy atom. The van der Waals surface area contributed by atoms with Gasteiger partial charge < -0.3 is 0 Å². The van der Waals surface area contributed by atoms with Crippen molar-refractivity contribution < 1.29 is 0 Å². The summed E-state index contributed by atoms with van der Waals surface area (Å²) in [7, 11) is 0. The van der Waals surface area contributed by atoms with Crippen LogP contribution in [0, 0.1) is 0 Å². The molecule has 4 heteroatoms. The molecule has 16 heavy (non-hydrogen) atoms. The third-order valence-corrected chi connectivity index (χ3v) is 3.83. The second kappa shape index (κ2) is 5.59. The van der Waals surface area contributed by atoms with Gasteiger partial charge in [-0.1, -0.05) is 34.1 Å². The first-order chi connectivity index (χ1) is 7.79. The van der Waals surface area contributed by atoms with Crippen LogP contribution in [0.3, 0.4) is 0 Å². The van der Waals surface area contributed by atoms with Crippen LogP contribution in [0.25, 0.3) is 0 Å². The highest BCUT2D eigenvalue weighted by Crippen LogP contribution is 2.22. The Morgan fingerprint density at radius 3 is 2.81 bits per heavy atom. The molecule has 1 aromatic carbocycles. The molecule has 0 saturated heterocycles. The Balaban J connectivity index is 2.16. The lowest BCUT2D eigenvalue weighted by Crippen LogP contribution is -2.29. The van der Waals surface area contributed by atoms with Crippen LogP contribution >= 0.6 is 27.3 Å². The number of benzene rings is 1. The fraction of sp³-hybridized carbons (Fsp3) is 0.167. The SMILES string of the molecule is NNC(Cc1cccs1)c1cccc(Br)c1. The third kappa shape index (κ3) is 2.92. The van der Waals surface area contributed by atoms with Crippen LogP contribution in [0.4, 0.5) is 0 Å². The molecule has 1 unspecified atom stereocenters. The van der Waals surface area contributed by atoms with E-state index in [1.54, 1.807) is 11.3 Å². The molecule has 2 rings (SSSR count). The minimum Gasteiger partial charge on any atom is -0.271 e. The average Bonchev–Trinajstić information content (AvgIpc) is 2.78. The second-order valence-electron chi connectivity index (χ2n) is 3.56. The maximum absolute atomic E-state index is 5.61. The quantitative estimate of drug-likeness (QED) is 0.671. The fourth-order valence-electron chi connectivity index (χ4n) is 1.63. The Labute approximate surface area is 108 Å². The van der Waals surface area contributed by atoms with E-state index in [9.17, 15) is 0 Å². The smallest absolute Gasteiger partial charge is 0.0508 e. The zero-order valence-electron chi connectivity index (χ0n) is 8.69. The van der Waals surface area contributed by atoms with E-state index in [1.165, 1.54) is 10.4 Å². The number of nitrogens with two attached hydrogens (primary N) is 1. The molecule has 0 amide bonds. The van der Waals surface area contributed by atoms with E-state index in [2.05, 4.69) is 51.0 Å². The molecule has 0 saturated carbocycles. The summed E-state index contributed by atoms with van der Waals surface area (Å²) in [5.41, 5.74) is 4.07. The predicted octanol–water partition coefficient (Wildman–Crippen LogP) is 3.26. The highest BCUT2D eigenvalue weighted by molar-refractivity contribution is 9.10. The minimum absolute atomic E-state index is 0.163. The summed E-state index contributed by atoms with van der Waals surface area (Å²) in [6, 6.07) is 12.6. The zero-order valence-corrected chi connectivity index (χ0v) is 11.1. The van der Waals surface area contributed by atoms with Crippen LogP contribution in [-0.2, 0) is 6.42 Å². The molecule has 1 aromatic heterocycles. The molecule has 84 valence electrons.